The number of carboxylic acid groups (broad SMARTS) is 1. The van der Waals surface area contributed by atoms with Gasteiger partial charge in [0, 0.05) is 21.8 Å². The lowest BCUT2D eigenvalue weighted by Crippen LogP contribution is -2.22. The Bertz CT molecular complexity index is 1030. The van der Waals surface area contributed by atoms with Gasteiger partial charge in [-0.1, -0.05) is 36.4 Å². The highest BCUT2D eigenvalue weighted by Crippen LogP contribution is 2.29. The number of aliphatic hydroxyl groups is 1. The Kier molecular flexibility index (Phi) is 4.07. The number of carboxylic acids is 1. The van der Waals surface area contributed by atoms with E-state index < -0.39 is 12.3 Å². The van der Waals surface area contributed by atoms with Crippen LogP contribution in [0, 0.1) is 0 Å². The molecule has 0 saturated carbocycles. The molecule has 0 aliphatic heterocycles. The summed E-state index contributed by atoms with van der Waals surface area (Å²) < 4.78 is 7.59. The summed E-state index contributed by atoms with van der Waals surface area (Å²) in [5.41, 5.74) is 2.23. The minimum atomic E-state index is -1.06. The summed E-state index contributed by atoms with van der Waals surface area (Å²) in [6, 6.07) is 22.1. The number of hydrogen-bond acceptors (Lipinski definition) is 3. The number of hydrogen-bond donors (Lipinski definition) is 2. The molecule has 0 unspecified atom stereocenters. The van der Waals surface area contributed by atoms with Crippen molar-refractivity contribution in [2.75, 3.05) is 0 Å². The molecule has 0 amide bonds. The molecule has 130 valence electrons. The largest absolute Gasteiger partial charge is 0.478 e. The van der Waals surface area contributed by atoms with Gasteiger partial charge in [-0.3, -0.25) is 0 Å². The first kappa shape index (κ1) is 16.2. The molecule has 0 aliphatic rings. The van der Waals surface area contributed by atoms with E-state index in [1.165, 1.54) is 12.1 Å². The Morgan fingerprint density at radius 3 is 1.96 bits per heavy atom. The topological polar surface area (TPSA) is 71.7 Å². The molecule has 5 nitrogen and oxygen atoms in total. The highest BCUT2D eigenvalue weighted by molar-refractivity contribution is 6.07. The predicted octanol–water partition coefficient (Wildman–Crippen LogP) is 3.89. The molecule has 0 aliphatic carbocycles. The van der Waals surface area contributed by atoms with Crippen LogP contribution in [0.3, 0.4) is 0 Å². The minimum absolute atomic E-state index is 0.175. The first-order valence-electron chi connectivity index (χ1n) is 8.27. The summed E-state index contributed by atoms with van der Waals surface area (Å²) in [4.78, 5) is 10.9. The highest BCUT2D eigenvalue weighted by Gasteiger charge is 2.14. The molecular formula is C21H17NO4. The molecule has 0 bridgehead atoms. The van der Waals surface area contributed by atoms with Crippen LogP contribution < -0.4 is 4.74 Å². The average molecular weight is 347 g/mol. The lowest BCUT2D eigenvalue weighted by atomic mass is 10.2. The molecule has 26 heavy (non-hydrogen) atoms. The summed E-state index contributed by atoms with van der Waals surface area (Å²) in [5, 5.41) is 21.6. The van der Waals surface area contributed by atoms with Crippen molar-refractivity contribution >= 4 is 27.8 Å². The zero-order valence-corrected chi connectivity index (χ0v) is 13.9. The fourth-order valence-corrected chi connectivity index (χ4v) is 3.23. The molecule has 1 aromatic heterocycles. The van der Waals surface area contributed by atoms with Crippen LogP contribution in [0.2, 0.25) is 0 Å². The highest BCUT2D eigenvalue weighted by atomic mass is 16.6. The van der Waals surface area contributed by atoms with Gasteiger partial charge < -0.3 is 19.5 Å². The molecule has 1 heterocycles. The van der Waals surface area contributed by atoms with Crippen molar-refractivity contribution in [3.63, 3.8) is 0 Å². The van der Waals surface area contributed by atoms with E-state index in [1.807, 2.05) is 41.0 Å². The second-order valence-corrected chi connectivity index (χ2v) is 6.05. The lowest BCUT2D eigenvalue weighted by molar-refractivity contribution is -0.0278. The van der Waals surface area contributed by atoms with E-state index in [2.05, 4.69) is 12.1 Å². The van der Waals surface area contributed by atoms with E-state index in [4.69, 9.17) is 9.84 Å². The molecule has 0 radical (unpaired) electrons. The number of benzene rings is 3. The van der Waals surface area contributed by atoms with Gasteiger partial charge in [0.05, 0.1) is 12.1 Å². The van der Waals surface area contributed by atoms with E-state index in [-0.39, 0.29) is 12.1 Å². The smallest absolute Gasteiger partial charge is 0.335 e. The number of fused-ring (bicyclic) bond motifs is 3. The van der Waals surface area contributed by atoms with Crippen LogP contribution in [-0.4, -0.2) is 27.0 Å². The van der Waals surface area contributed by atoms with Crippen LogP contribution in [0.15, 0.2) is 72.8 Å². The Hall–Kier alpha value is -3.31. The maximum atomic E-state index is 10.9. The van der Waals surface area contributed by atoms with Crippen molar-refractivity contribution in [1.29, 1.82) is 0 Å². The Labute approximate surface area is 149 Å². The Balaban J connectivity index is 1.63. The number of ether oxygens (including phenoxy) is 1. The monoisotopic (exact) mass is 347 g/mol. The van der Waals surface area contributed by atoms with Crippen molar-refractivity contribution in [3.05, 3.63) is 78.4 Å². The molecule has 5 heteroatoms. The fourth-order valence-electron chi connectivity index (χ4n) is 3.23. The normalized spacial score (nSPS) is 12.3. The van der Waals surface area contributed by atoms with Gasteiger partial charge in [0.15, 0.2) is 0 Å². The standard InChI is InChI=1S/C21H17NO4/c23-20(26-15-11-9-14(10-12-15)21(24)25)13-22-18-7-3-1-5-16(18)17-6-2-4-8-19(17)22/h1-12,20,23H,13H2,(H,24,25)/t20-/m0/s1. The molecule has 0 spiro atoms. The van der Waals surface area contributed by atoms with Gasteiger partial charge in [-0.05, 0) is 36.4 Å². The first-order chi connectivity index (χ1) is 12.6. The van der Waals surface area contributed by atoms with Crippen molar-refractivity contribution < 1.29 is 19.7 Å². The number of aromatic nitrogens is 1. The molecule has 1 atom stereocenters. The van der Waals surface area contributed by atoms with Gasteiger partial charge in [0.25, 0.3) is 0 Å². The van der Waals surface area contributed by atoms with E-state index >= 15 is 0 Å². The molecule has 0 fully saturated rings. The van der Waals surface area contributed by atoms with Crippen molar-refractivity contribution in [1.82, 2.24) is 4.57 Å². The Morgan fingerprint density at radius 2 is 1.42 bits per heavy atom. The van der Waals surface area contributed by atoms with Gasteiger partial charge in [0.2, 0.25) is 6.29 Å². The molecule has 3 aromatic carbocycles. The molecule has 2 N–H and O–H groups in total. The molecular weight excluding hydrogens is 330 g/mol. The number of aromatic carboxylic acids is 1. The zero-order chi connectivity index (χ0) is 18.1. The summed E-state index contributed by atoms with van der Waals surface area (Å²) in [6.45, 7) is 0.259. The van der Waals surface area contributed by atoms with E-state index in [9.17, 15) is 9.90 Å². The summed E-state index contributed by atoms with van der Waals surface area (Å²) in [7, 11) is 0. The van der Waals surface area contributed by atoms with Gasteiger partial charge in [-0.15, -0.1) is 0 Å². The second kappa shape index (κ2) is 6.54. The van der Waals surface area contributed by atoms with Crippen LogP contribution in [-0.2, 0) is 6.54 Å². The predicted molar refractivity (Wildman–Crippen MR) is 99.5 cm³/mol. The maximum Gasteiger partial charge on any atom is 0.335 e. The first-order valence-corrected chi connectivity index (χ1v) is 8.27. The molecule has 4 rings (SSSR count). The van der Waals surface area contributed by atoms with Crippen molar-refractivity contribution in [3.8, 4) is 5.75 Å². The maximum absolute atomic E-state index is 10.9. The number of para-hydroxylation sites is 2. The number of nitrogens with zero attached hydrogens (tertiary/aromatic N) is 1. The minimum Gasteiger partial charge on any atom is -0.478 e. The SMILES string of the molecule is O=C(O)c1ccc(O[C@H](O)Cn2c3ccccc3c3ccccc32)cc1. The van der Waals surface area contributed by atoms with Gasteiger partial charge in [-0.2, -0.15) is 0 Å². The van der Waals surface area contributed by atoms with Crippen LogP contribution in [0.25, 0.3) is 21.8 Å². The van der Waals surface area contributed by atoms with Crippen LogP contribution in [0.1, 0.15) is 10.4 Å². The lowest BCUT2D eigenvalue weighted by Gasteiger charge is -2.16. The van der Waals surface area contributed by atoms with Gasteiger partial charge in [-0.25, -0.2) is 4.79 Å². The number of carbonyl (C=O) groups is 1. The van der Waals surface area contributed by atoms with Crippen LogP contribution in [0.4, 0.5) is 0 Å². The summed E-state index contributed by atoms with van der Waals surface area (Å²) >= 11 is 0. The fraction of sp³-hybridized carbons (Fsp3) is 0.0952. The summed E-state index contributed by atoms with van der Waals surface area (Å²) in [5.74, 6) is -0.578. The number of aliphatic hydroxyl groups excluding tert-OH is 1. The number of rotatable bonds is 5. The third-order valence-electron chi connectivity index (χ3n) is 4.39. The third-order valence-corrected chi connectivity index (χ3v) is 4.39. The van der Waals surface area contributed by atoms with E-state index in [0.29, 0.717) is 5.75 Å². The van der Waals surface area contributed by atoms with Crippen molar-refractivity contribution in [2.45, 2.75) is 12.8 Å². The van der Waals surface area contributed by atoms with Crippen LogP contribution >= 0.6 is 0 Å². The third kappa shape index (κ3) is 2.89. The second-order valence-electron chi connectivity index (χ2n) is 6.05. The van der Waals surface area contributed by atoms with Crippen molar-refractivity contribution in [2.24, 2.45) is 0 Å². The molecule has 4 aromatic rings. The van der Waals surface area contributed by atoms with Gasteiger partial charge >= 0.3 is 5.97 Å². The summed E-state index contributed by atoms with van der Waals surface area (Å²) in [6.07, 6.45) is -1.06. The Morgan fingerprint density at radius 1 is 0.885 bits per heavy atom. The van der Waals surface area contributed by atoms with E-state index in [1.54, 1.807) is 12.1 Å². The van der Waals surface area contributed by atoms with E-state index in [0.717, 1.165) is 21.8 Å². The average Bonchev–Trinajstić information content (AvgIpc) is 2.96. The quantitative estimate of drug-likeness (QED) is 0.537. The molecule has 0 saturated heterocycles. The van der Waals surface area contributed by atoms with Gasteiger partial charge in [0.1, 0.15) is 5.75 Å². The zero-order valence-electron chi connectivity index (χ0n) is 13.9. The van der Waals surface area contributed by atoms with Crippen LogP contribution in [0.5, 0.6) is 5.75 Å².